The minimum atomic E-state index is -0.654. The molecule has 1 aliphatic heterocycles. The lowest BCUT2D eigenvalue weighted by Crippen LogP contribution is -2.38. The van der Waals surface area contributed by atoms with Crippen LogP contribution in [0.4, 0.5) is 5.69 Å². The average molecular weight is 494 g/mol. The average Bonchev–Trinajstić information content (AvgIpc) is 3.33. The highest BCUT2D eigenvalue weighted by Crippen LogP contribution is 2.36. The number of amides is 1. The third kappa shape index (κ3) is 5.57. The number of nitrogens with zero attached hydrogens (tertiary/aromatic N) is 3. The minimum Gasteiger partial charge on any atom is -0.456 e. The zero-order chi connectivity index (χ0) is 25.2. The molecule has 0 aliphatic carbocycles. The molecule has 3 aromatic rings. The molecule has 0 radical (unpaired) electrons. The molecule has 2 aromatic carbocycles. The van der Waals surface area contributed by atoms with E-state index in [4.69, 9.17) is 9.72 Å². The van der Waals surface area contributed by atoms with Gasteiger partial charge in [-0.3, -0.25) is 14.9 Å². The van der Waals surface area contributed by atoms with Crippen LogP contribution in [0.2, 0.25) is 0 Å². The topological polar surface area (TPSA) is 103 Å². The summed E-state index contributed by atoms with van der Waals surface area (Å²) in [6.45, 7) is 6.44. The first-order valence-electron chi connectivity index (χ1n) is 11.4. The Kier molecular flexibility index (Phi) is 6.98. The van der Waals surface area contributed by atoms with Gasteiger partial charge >= 0.3 is 5.97 Å². The van der Waals surface area contributed by atoms with Crippen LogP contribution in [-0.2, 0) is 4.74 Å². The fourth-order valence-corrected chi connectivity index (χ4v) is 5.12. The van der Waals surface area contributed by atoms with Crippen molar-refractivity contribution in [3.63, 3.8) is 0 Å². The summed E-state index contributed by atoms with van der Waals surface area (Å²) in [5.74, 6) is -0.534. The number of carbonyl (C=O) groups excluding carboxylic acids is 2. The van der Waals surface area contributed by atoms with Gasteiger partial charge in [-0.2, -0.15) is 0 Å². The van der Waals surface area contributed by atoms with Gasteiger partial charge in [-0.05, 0) is 51.8 Å². The van der Waals surface area contributed by atoms with E-state index in [9.17, 15) is 19.7 Å². The molecule has 0 N–H and O–H groups in total. The summed E-state index contributed by atoms with van der Waals surface area (Å²) in [5.41, 5.74) is 1.09. The number of carbonyl (C=O) groups is 2. The van der Waals surface area contributed by atoms with Crippen LogP contribution < -0.4 is 0 Å². The van der Waals surface area contributed by atoms with Gasteiger partial charge in [0.2, 0.25) is 0 Å². The van der Waals surface area contributed by atoms with Gasteiger partial charge in [-0.25, -0.2) is 9.78 Å². The molecule has 0 bridgehead atoms. The first kappa shape index (κ1) is 24.5. The molecule has 1 aliphatic rings. The molecule has 0 atom stereocenters. The van der Waals surface area contributed by atoms with Gasteiger partial charge in [0.1, 0.15) is 5.60 Å². The van der Waals surface area contributed by atoms with Gasteiger partial charge in [-0.1, -0.05) is 24.3 Å². The van der Waals surface area contributed by atoms with Gasteiger partial charge < -0.3 is 9.64 Å². The van der Waals surface area contributed by atoms with E-state index in [-0.39, 0.29) is 23.1 Å². The highest BCUT2D eigenvalue weighted by atomic mass is 32.1. The lowest BCUT2D eigenvalue weighted by atomic mass is 9.96. The van der Waals surface area contributed by atoms with E-state index in [0.29, 0.717) is 29.9 Å². The monoisotopic (exact) mass is 493 g/mol. The molecule has 9 heteroatoms. The van der Waals surface area contributed by atoms with Crippen molar-refractivity contribution < 1.29 is 19.2 Å². The second-order valence-corrected chi connectivity index (χ2v) is 10.3. The molecule has 1 aromatic heterocycles. The summed E-state index contributed by atoms with van der Waals surface area (Å²) >= 11 is 1.49. The number of hydrogen-bond donors (Lipinski definition) is 0. The molecule has 8 nitrogen and oxygen atoms in total. The Morgan fingerprint density at radius 2 is 1.69 bits per heavy atom. The van der Waals surface area contributed by atoms with Crippen LogP contribution in [0.25, 0.3) is 11.3 Å². The van der Waals surface area contributed by atoms with Crippen molar-refractivity contribution in [1.29, 1.82) is 0 Å². The van der Waals surface area contributed by atoms with Gasteiger partial charge in [0, 0.05) is 30.5 Å². The first-order chi connectivity index (χ1) is 16.6. The number of thiazole rings is 1. The Morgan fingerprint density at radius 1 is 1.06 bits per heavy atom. The Morgan fingerprint density at radius 3 is 2.34 bits per heavy atom. The third-order valence-electron chi connectivity index (χ3n) is 5.81. The summed E-state index contributed by atoms with van der Waals surface area (Å²) in [7, 11) is 0. The Balaban J connectivity index is 1.45. The van der Waals surface area contributed by atoms with Crippen molar-refractivity contribution in [2.75, 3.05) is 13.1 Å². The SMILES string of the molecule is CC(C)(C)OC(=O)c1ccccc1C(=O)N1CCC(c2nc(-c3ccccc3[N+](=O)[O-])cs2)CC1. The predicted molar refractivity (Wildman–Crippen MR) is 134 cm³/mol. The summed E-state index contributed by atoms with van der Waals surface area (Å²) in [6, 6.07) is 13.3. The van der Waals surface area contributed by atoms with E-state index in [1.165, 1.54) is 17.4 Å². The van der Waals surface area contributed by atoms with Crippen molar-refractivity contribution in [1.82, 2.24) is 9.88 Å². The number of nitro benzene ring substituents is 1. The van der Waals surface area contributed by atoms with Crippen LogP contribution in [0.5, 0.6) is 0 Å². The third-order valence-corrected chi connectivity index (χ3v) is 6.81. The second kappa shape index (κ2) is 9.95. The van der Waals surface area contributed by atoms with Crippen LogP contribution >= 0.6 is 11.3 Å². The maximum Gasteiger partial charge on any atom is 0.339 e. The van der Waals surface area contributed by atoms with Crippen molar-refractivity contribution in [3.8, 4) is 11.3 Å². The number of ether oxygens (including phenoxy) is 1. The summed E-state index contributed by atoms with van der Waals surface area (Å²) in [6.07, 6.45) is 1.45. The fraction of sp³-hybridized carbons (Fsp3) is 0.346. The van der Waals surface area contributed by atoms with E-state index in [2.05, 4.69) is 0 Å². The largest absolute Gasteiger partial charge is 0.456 e. The molecule has 0 unspecified atom stereocenters. The number of hydrogen-bond acceptors (Lipinski definition) is 7. The van der Waals surface area contributed by atoms with E-state index < -0.39 is 16.5 Å². The van der Waals surface area contributed by atoms with Crippen LogP contribution in [-0.4, -0.2) is 45.4 Å². The molecular weight excluding hydrogens is 466 g/mol. The zero-order valence-corrected chi connectivity index (χ0v) is 20.7. The van der Waals surface area contributed by atoms with E-state index >= 15 is 0 Å². The highest BCUT2D eigenvalue weighted by molar-refractivity contribution is 7.10. The molecule has 1 fully saturated rings. The van der Waals surface area contributed by atoms with E-state index in [0.717, 1.165) is 17.8 Å². The van der Waals surface area contributed by atoms with Gasteiger partial charge in [-0.15, -0.1) is 11.3 Å². The van der Waals surface area contributed by atoms with E-state index in [1.807, 2.05) is 5.38 Å². The number of aromatic nitrogens is 1. The molecular formula is C26H27N3O5S. The lowest BCUT2D eigenvalue weighted by Gasteiger charge is -2.31. The number of esters is 1. The minimum absolute atomic E-state index is 0.0356. The second-order valence-electron chi connectivity index (χ2n) is 9.46. The quantitative estimate of drug-likeness (QED) is 0.257. The normalized spacial score (nSPS) is 14.5. The van der Waals surface area contributed by atoms with Crippen LogP contribution in [0.1, 0.15) is 65.3 Å². The van der Waals surface area contributed by atoms with Crippen molar-refractivity contribution in [3.05, 3.63) is 80.2 Å². The molecule has 0 saturated carbocycles. The predicted octanol–water partition coefficient (Wildman–Crippen LogP) is 5.69. The Labute approximate surface area is 207 Å². The molecule has 1 amide bonds. The molecule has 2 heterocycles. The van der Waals surface area contributed by atoms with Crippen LogP contribution in [0.15, 0.2) is 53.9 Å². The summed E-state index contributed by atoms with van der Waals surface area (Å²) in [4.78, 5) is 43.3. The highest BCUT2D eigenvalue weighted by Gasteiger charge is 2.30. The number of rotatable bonds is 5. The van der Waals surface area contributed by atoms with Crippen LogP contribution in [0, 0.1) is 10.1 Å². The first-order valence-corrected chi connectivity index (χ1v) is 12.3. The standard InChI is InChI=1S/C26H27N3O5S/c1-26(2,3)34-25(31)19-9-5-4-8-18(19)24(30)28-14-12-17(13-15-28)23-27-21(16-35-23)20-10-6-7-11-22(20)29(32)33/h4-11,16-17H,12-15H2,1-3H3. The summed E-state index contributed by atoms with van der Waals surface area (Å²) < 4.78 is 5.48. The van der Waals surface area contributed by atoms with Crippen molar-refractivity contribution >= 4 is 28.9 Å². The number of likely N-dealkylation sites (tertiary alicyclic amines) is 1. The van der Waals surface area contributed by atoms with Gasteiger partial charge in [0.15, 0.2) is 0 Å². The molecule has 35 heavy (non-hydrogen) atoms. The van der Waals surface area contributed by atoms with Crippen molar-refractivity contribution in [2.24, 2.45) is 0 Å². The van der Waals surface area contributed by atoms with Crippen molar-refractivity contribution in [2.45, 2.75) is 45.1 Å². The van der Waals surface area contributed by atoms with Gasteiger partial charge in [0.05, 0.1) is 32.3 Å². The number of para-hydroxylation sites is 1. The molecule has 182 valence electrons. The fourth-order valence-electron chi connectivity index (χ4n) is 4.13. The van der Waals surface area contributed by atoms with E-state index in [1.54, 1.807) is 68.1 Å². The molecule has 4 rings (SSSR count). The number of piperidine rings is 1. The summed E-state index contributed by atoms with van der Waals surface area (Å²) in [5, 5.41) is 14.1. The zero-order valence-electron chi connectivity index (χ0n) is 19.9. The Hall–Kier alpha value is -3.59. The number of nitro groups is 1. The molecule has 1 saturated heterocycles. The lowest BCUT2D eigenvalue weighted by molar-refractivity contribution is -0.384. The van der Waals surface area contributed by atoms with Gasteiger partial charge in [0.25, 0.3) is 11.6 Å². The number of benzene rings is 2. The molecule has 0 spiro atoms. The smallest absolute Gasteiger partial charge is 0.339 e. The Bertz CT molecular complexity index is 1260. The van der Waals surface area contributed by atoms with Crippen LogP contribution in [0.3, 0.4) is 0 Å². The maximum atomic E-state index is 13.3. The maximum absolute atomic E-state index is 13.3.